The van der Waals surface area contributed by atoms with E-state index >= 15 is 0 Å². The Morgan fingerprint density at radius 3 is 3.07 bits per heavy atom. The van der Waals surface area contributed by atoms with E-state index in [0.717, 1.165) is 0 Å². The number of hydrogen-bond donors (Lipinski definition) is 1. The van der Waals surface area contributed by atoms with Crippen molar-refractivity contribution >= 4 is 5.91 Å². The molecule has 0 aliphatic carbocycles. The second-order valence-electron chi connectivity index (χ2n) is 2.45. The largest absolute Gasteiger partial charge is 0.345 e. The first-order chi connectivity index (χ1) is 6.72. The molecule has 0 aromatic heterocycles. The molecule has 0 aromatic rings. The molecule has 0 aliphatic rings. The molecule has 0 rings (SSSR count). The normalized spacial score (nSPS) is 10.1. The highest BCUT2D eigenvalue weighted by Crippen LogP contribution is 1.88. The van der Waals surface area contributed by atoms with Crippen LogP contribution in [0.15, 0.2) is 17.8 Å². The molecule has 0 bridgehead atoms. The summed E-state index contributed by atoms with van der Waals surface area (Å²) in [6, 6.07) is -0.693. The van der Waals surface area contributed by atoms with Crippen molar-refractivity contribution in [1.29, 1.82) is 0 Å². The zero-order chi connectivity index (χ0) is 10.8. The van der Waals surface area contributed by atoms with E-state index in [1.54, 1.807) is 6.08 Å². The molecule has 1 atom stereocenters. The van der Waals surface area contributed by atoms with Gasteiger partial charge in [-0.3, -0.25) is 4.79 Å². The predicted molar refractivity (Wildman–Crippen MR) is 54.2 cm³/mol. The third kappa shape index (κ3) is 5.70. The zero-order valence-electron chi connectivity index (χ0n) is 8.03. The Hall–Kier alpha value is -1.92. The van der Waals surface area contributed by atoms with Crippen LogP contribution in [0, 0.1) is 11.8 Å². The number of carbonyl (C=O) groups is 1. The van der Waals surface area contributed by atoms with Gasteiger partial charge in [0.1, 0.15) is 6.04 Å². The Balaban J connectivity index is 3.80. The molecule has 1 amide bonds. The van der Waals surface area contributed by atoms with Crippen molar-refractivity contribution in [1.82, 2.24) is 5.32 Å². The van der Waals surface area contributed by atoms with Gasteiger partial charge in [-0.1, -0.05) is 23.0 Å². The second-order valence-corrected chi connectivity index (χ2v) is 2.45. The number of amides is 1. The smallest absolute Gasteiger partial charge is 0.229 e. The van der Waals surface area contributed by atoms with Crippen molar-refractivity contribution in [2.75, 3.05) is 6.54 Å². The number of azide groups is 1. The van der Waals surface area contributed by atoms with Crippen LogP contribution in [-0.2, 0) is 4.79 Å². The highest BCUT2D eigenvalue weighted by molar-refractivity contribution is 5.81. The van der Waals surface area contributed by atoms with Gasteiger partial charge in [-0.25, -0.2) is 0 Å². The average molecular weight is 192 g/mol. The monoisotopic (exact) mass is 192 g/mol. The van der Waals surface area contributed by atoms with Gasteiger partial charge in [0.15, 0.2) is 0 Å². The maximum atomic E-state index is 11.1. The van der Waals surface area contributed by atoms with E-state index in [4.69, 9.17) is 5.53 Å². The summed E-state index contributed by atoms with van der Waals surface area (Å²) in [5.74, 6) is 5.18. The van der Waals surface area contributed by atoms with Crippen molar-refractivity contribution in [3.8, 4) is 11.8 Å². The van der Waals surface area contributed by atoms with Crippen LogP contribution in [0.4, 0.5) is 0 Å². The van der Waals surface area contributed by atoms with Crippen LogP contribution in [0.25, 0.3) is 10.4 Å². The molecule has 0 heterocycles. The van der Waals surface area contributed by atoms with Crippen LogP contribution < -0.4 is 5.32 Å². The zero-order valence-corrected chi connectivity index (χ0v) is 8.03. The van der Waals surface area contributed by atoms with E-state index in [2.05, 4.69) is 33.8 Å². The molecule has 14 heavy (non-hydrogen) atoms. The maximum Gasteiger partial charge on any atom is 0.229 e. The third-order valence-corrected chi connectivity index (χ3v) is 1.33. The Bertz CT molecular complexity index is 307. The second kappa shape index (κ2) is 7.71. The van der Waals surface area contributed by atoms with Gasteiger partial charge in [-0.2, -0.15) is 0 Å². The van der Waals surface area contributed by atoms with Crippen LogP contribution in [0.2, 0.25) is 0 Å². The first-order valence-electron chi connectivity index (χ1n) is 4.11. The molecule has 0 fully saturated rings. The van der Waals surface area contributed by atoms with E-state index in [-0.39, 0.29) is 12.5 Å². The maximum absolute atomic E-state index is 11.1. The minimum atomic E-state index is -0.693. The van der Waals surface area contributed by atoms with Gasteiger partial charge in [0, 0.05) is 11.3 Å². The summed E-state index contributed by atoms with van der Waals surface area (Å²) in [5.41, 5.74) is 8.07. The van der Waals surface area contributed by atoms with Crippen molar-refractivity contribution in [2.24, 2.45) is 5.11 Å². The van der Waals surface area contributed by atoms with E-state index in [1.807, 2.05) is 0 Å². The fourth-order valence-electron chi connectivity index (χ4n) is 0.616. The Morgan fingerprint density at radius 2 is 2.50 bits per heavy atom. The van der Waals surface area contributed by atoms with Gasteiger partial charge in [0.25, 0.3) is 0 Å². The molecule has 0 spiro atoms. The molecule has 0 unspecified atom stereocenters. The van der Waals surface area contributed by atoms with Crippen molar-refractivity contribution in [3.63, 3.8) is 0 Å². The average Bonchev–Trinajstić information content (AvgIpc) is 2.17. The van der Waals surface area contributed by atoms with Crippen LogP contribution in [0.3, 0.4) is 0 Å². The van der Waals surface area contributed by atoms with Gasteiger partial charge in [-0.05, 0) is 12.5 Å². The summed E-state index contributed by atoms with van der Waals surface area (Å²) in [6.07, 6.45) is 2.28. The van der Waals surface area contributed by atoms with Crippen LogP contribution in [0.5, 0.6) is 0 Å². The van der Waals surface area contributed by atoms with Gasteiger partial charge >= 0.3 is 0 Å². The van der Waals surface area contributed by atoms with E-state index in [9.17, 15) is 4.79 Å². The lowest BCUT2D eigenvalue weighted by Crippen LogP contribution is -2.31. The molecule has 0 saturated heterocycles. The number of allylic oxidation sites excluding steroid dienone is 1. The SMILES string of the molecule is C=CCC#CCNC(=O)[C@H](C)N=[N+]=[N-]. The topological polar surface area (TPSA) is 77.9 Å². The summed E-state index contributed by atoms with van der Waals surface area (Å²) in [5, 5.41) is 5.76. The first kappa shape index (κ1) is 12.1. The van der Waals surface area contributed by atoms with E-state index in [0.29, 0.717) is 6.42 Å². The minimum absolute atomic E-state index is 0.262. The quantitative estimate of drug-likeness (QED) is 0.236. The number of hydrogen-bond acceptors (Lipinski definition) is 2. The number of carbonyl (C=O) groups excluding carboxylic acids is 1. The number of nitrogens with zero attached hydrogens (tertiary/aromatic N) is 3. The van der Waals surface area contributed by atoms with Crippen molar-refractivity contribution in [2.45, 2.75) is 19.4 Å². The lowest BCUT2D eigenvalue weighted by molar-refractivity contribution is -0.121. The molecule has 0 aromatic carbocycles. The van der Waals surface area contributed by atoms with Crippen molar-refractivity contribution < 1.29 is 4.79 Å². The summed E-state index contributed by atoms with van der Waals surface area (Å²) >= 11 is 0. The molecule has 0 aliphatic heterocycles. The molecule has 74 valence electrons. The van der Waals surface area contributed by atoms with Gasteiger partial charge < -0.3 is 5.32 Å². The molecular weight excluding hydrogens is 180 g/mol. The molecule has 0 radical (unpaired) electrons. The number of nitrogens with one attached hydrogen (secondary N) is 1. The van der Waals surface area contributed by atoms with Crippen LogP contribution in [-0.4, -0.2) is 18.5 Å². The third-order valence-electron chi connectivity index (χ3n) is 1.33. The van der Waals surface area contributed by atoms with E-state index in [1.165, 1.54) is 6.92 Å². The lowest BCUT2D eigenvalue weighted by atomic mass is 10.3. The van der Waals surface area contributed by atoms with Gasteiger partial charge in [-0.15, -0.1) is 6.58 Å². The van der Waals surface area contributed by atoms with Crippen LogP contribution in [0.1, 0.15) is 13.3 Å². The molecule has 0 saturated carbocycles. The van der Waals surface area contributed by atoms with Gasteiger partial charge in [0.05, 0.1) is 6.54 Å². The number of rotatable bonds is 4. The van der Waals surface area contributed by atoms with Crippen LogP contribution >= 0.6 is 0 Å². The lowest BCUT2D eigenvalue weighted by Gasteiger charge is -2.02. The van der Waals surface area contributed by atoms with E-state index < -0.39 is 6.04 Å². The Morgan fingerprint density at radius 1 is 1.79 bits per heavy atom. The fourth-order valence-corrected chi connectivity index (χ4v) is 0.616. The molecule has 5 heteroatoms. The Kier molecular flexibility index (Phi) is 6.66. The Labute approximate surface area is 82.8 Å². The van der Waals surface area contributed by atoms with Gasteiger partial charge in [0.2, 0.25) is 5.91 Å². The summed E-state index contributed by atoms with van der Waals surface area (Å²) in [7, 11) is 0. The highest BCUT2D eigenvalue weighted by Gasteiger charge is 2.07. The summed E-state index contributed by atoms with van der Waals surface area (Å²) in [4.78, 5) is 13.6. The van der Waals surface area contributed by atoms with Crippen molar-refractivity contribution in [3.05, 3.63) is 23.1 Å². The standard InChI is InChI=1S/C9H12N4O/c1-3-4-5-6-7-11-9(14)8(2)12-13-10/h3,8H,1,4,7H2,2H3,(H,11,14)/t8-/m0/s1. The molecule has 1 N–H and O–H groups in total. The molecular formula is C9H12N4O. The highest BCUT2D eigenvalue weighted by atomic mass is 16.2. The fraction of sp³-hybridized carbons (Fsp3) is 0.444. The summed E-state index contributed by atoms with van der Waals surface area (Å²) < 4.78 is 0. The first-order valence-corrected chi connectivity index (χ1v) is 4.11. The summed E-state index contributed by atoms with van der Waals surface area (Å²) in [6.45, 7) is 5.28. The minimum Gasteiger partial charge on any atom is -0.345 e. The molecule has 5 nitrogen and oxygen atoms in total. The predicted octanol–water partition coefficient (Wildman–Crippen LogP) is 1.38.